The minimum Gasteiger partial charge on any atom is -0.469 e. The maximum Gasteiger partial charge on any atom is 0.311 e. The summed E-state index contributed by atoms with van der Waals surface area (Å²) < 4.78 is 9.47. The van der Waals surface area contributed by atoms with Crippen LogP contribution in [0.1, 0.15) is 32.6 Å². The zero-order chi connectivity index (χ0) is 11.5. The molecule has 0 spiro atoms. The van der Waals surface area contributed by atoms with E-state index in [1.165, 1.54) is 14.2 Å². The van der Waals surface area contributed by atoms with Gasteiger partial charge in [0.05, 0.1) is 25.6 Å². The number of carbonyl (C=O) groups is 2. The van der Waals surface area contributed by atoms with Crippen LogP contribution >= 0.6 is 0 Å². The summed E-state index contributed by atoms with van der Waals surface area (Å²) in [5, 5.41) is 0. The summed E-state index contributed by atoms with van der Waals surface area (Å²) in [5.41, 5.74) is -0.522. The van der Waals surface area contributed by atoms with E-state index in [0.717, 1.165) is 19.3 Å². The van der Waals surface area contributed by atoms with E-state index in [1.807, 2.05) is 6.92 Å². The number of rotatable bonds is 2. The molecule has 1 saturated carbocycles. The number of carbonyl (C=O) groups excluding carboxylic acids is 2. The fraction of sp³-hybridized carbons (Fsp3) is 0.818. The van der Waals surface area contributed by atoms with Crippen LogP contribution in [0.15, 0.2) is 0 Å². The molecule has 2 unspecified atom stereocenters. The van der Waals surface area contributed by atoms with E-state index in [-0.39, 0.29) is 17.9 Å². The Bertz CT molecular complexity index is 261. The Hall–Kier alpha value is -1.06. The van der Waals surface area contributed by atoms with Crippen LogP contribution in [0.4, 0.5) is 0 Å². The molecule has 86 valence electrons. The number of methoxy groups -OCH3 is 2. The highest BCUT2D eigenvalue weighted by Crippen LogP contribution is 2.40. The van der Waals surface area contributed by atoms with Gasteiger partial charge in [-0.1, -0.05) is 6.42 Å². The predicted molar refractivity (Wildman–Crippen MR) is 54.1 cm³/mol. The Morgan fingerprint density at radius 3 is 2.47 bits per heavy atom. The molecule has 0 radical (unpaired) electrons. The van der Waals surface area contributed by atoms with E-state index >= 15 is 0 Å². The van der Waals surface area contributed by atoms with Crippen molar-refractivity contribution in [3.8, 4) is 0 Å². The predicted octanol–water partition coefficient (Wildman–Crippen LogP) is 1.53. The molecule has 1 rings (SSSR count). The maximum atomic E-state index is 11.6. The van der Waals surface area contributed by atoms with Gasteiger partial charge in [0.25, 0.3) is 0 Å². The molecule has 2 atom stereocenters. The maximum absolute atomic E-state index is 11.6. The molecule has 0 N–H and O–H groups in total. The van der Waals surface area contributed by atoms with E-state index < -0.39 is 5.41 Å². The highest BCUT2D eigenvalue weighted by molar-refractivity contribution is 5.79. The van der Waals surface area contributed by atoms with Crippen LogP contribution in [0.2, 0.25) is 0 Å². The quantitative estimate of drug-likeness (QED) is 0.654. The van der Waals surface area contributed by atoms with Gasteiger partial charge in [0.1, 0.15) is 0 Å². The molecule has 0 aromatic rings. The summed E-state index contributed by atoms with van der Waals surface area (Å²) in [4.78, 5) is 23.0. The van der Waals surface area contributed by atoms with Gasteiger partial charge >= 0.3 is 11.9 Å². The third-order valence-electron chi connectivity index (χ3n) is 3.19. The molecule has 0 aromatic heterocycles. The van der Waals surface area contributed by atoms with Gasteiger partial charge in [-0.05, 0) is 26.2 Å². The molecule has 4 heteroatoms. The van der Waals surface area contributed by atoms with Crippen molar-refractivity contribution in [2.45, 2.75) is 32.6 Å². The molecule has 0 saturated heterocycles. The zero-order valence-electron chi connectivity index (χ0n) is 9.54. The average molecular weight is 214 g/mol. The monoisotopic (exact) mass is 214 g/mol. The normalized spacial score (nSPS) is 30.7. The Morgan fingerprint density at radius 2 is 1.93 bits per heavy atom. The lowest BCUT2D eigenvalue weighted by atomic mass is 9.71. The average Bonchev–Trinajstić information content (AvgIpc) is 2.26. The number of ether oxygens (including phenoxy) is 2. The first-order valence-electron chi connectivity index (χ1n) is 5.20. The molecule has 1 aliphatic carbocycles. The molecule has 0 aliphatic heterocycles. The molecular weight excluding hydrogens is 196 g/mol. The second kappa shape index (κ2) is 4.64. The Balaban J connectivity index is 2.70. The highest BCUT2D eigenvalue weighted by atomic mass is 16.5. The third-order valence-corrected chi connectivity index (χ3v) is 3.19. The molecule has 0 heterocycles. The Labute approximate surface area is 89.9 Å². The molecule has 15 heavy (non-hydrogen) atoms. The van der Waals surface area contributed by atoms with Crippen LogP contribution in [0.5, 0.6) is 0 Å². The minimum atomic E-state index is -0.522. The van der Waals surface area contributed by atoms with E-state index in [9.17, 15) is 9.59 Å². The van der Waals surface area contributed by atoms with Gasteiger partial charge in [0.15, 0.2) is 0 Å². The number of esters is 2. The van der Waals surface area contributed by atoms with Gasteiger partial charge in [0, 0.05) is 0 Å². The summed E-state index contributed by atoms with van der Waals surface area (Å²) in [6.07, 6.45) is 2.99. The molecule has 1 fully saturated rings. The van der Waals surface area contributed by atoms with Crippen molar-refractivity contribution in [3.05, 3.63) is 0 Å². The largest absolute Gasteiger partial charge is 0.469 e. The molecule has 0 bridgehead atoms. The van der Waals surface area contributed by atoms with Crippen LogP contribution in [-0.2, 0) is 19.1 Å². The van der Waals surface area contributed by atoms with E-state index in [0.29, 0.717) is 6.42 Å². The molecule has 4 nitrogen and oxygen atoms in total. The summed E-state index contributed by atoms with van der Waals surface area (Å²) in [6, 6.07) is 0. The lowest BCUT2D eigenvalue weighted by Gasteiger charge is -2.34. The second-order valence-electron chi connectivity index (χ2n) is 4.37. The molecule has 0 aromatic carbocycles. The lowest BCUT2D eigenvalue weighted by molar-refractivity contribution is -0.158. The highest BCUT2D eigenvalue weighted by Gasteiger charge is 2.42. The topological polar surface area (TPSA) is 52.6 Å². The summed E-state index contributed by atoms with van der Waals surface area (Å²) >= 11 is 0. The van der Waals surface area contributed by atoms with Crippen LogP contribution in [0.25, 0.3) is 0 Å². The van der Waals surface area contributed by atoms with Crippen LogP contribution in [-0.4, -0.2) is 26.2 Å². The number of hydrogen-bond donors (Lipinski definition) is 0. The smallest absolute Gasteiger partial charge is 0.311 e. The minimum absolute atomic E-state index is 0.159. The molecule has 1 aliphatic rings. The fourth-order valence-electron chi connectivity index (χ4n) is 2.29. The van der Waals surface area contributed by atoms with Gasteiger partial charge in [-0.25, -0.2) is 0 Å². The van der Waals surface area contributed by atoms with Gasteiger partial charge in [-0.3, -0.25) is 9.59 Å². The molecule has 0 amide bonds. The first-order valence-corrected chi connectivity index (χ1v) is 5.20. The van der Waals surface area contributed by atoms with Crippen molar-refractivity contribution in [2.24, 2.45) is 11.3 Å². The Morgan fingerprint density at radius 1 is 1.27 bits per heavy atom. The summed E-state index contributed by atoms with van der Waals surface area (Å²) in [6.45, 7) is 1.86. The van der Waals surface area contributed by atoms with E-state index in [1.54, 1.807) is 0 Å². The van der Waals surface area contributed by atoms with Crippen LogP contribution < -0.4 is 0 Å². The van der Waals surface area contributed by atoms with Crippen molar-refractivity contribution >= 4 is 11.9 Å². The van der Waals surface area contributed by atoms with Gasteiger partial charge < -0.3 is 9.47 Å². The van der Waals surface area contributed by atoms with Crippen LogP contribution in [0, 0.1) is 11.3 Å². The summed E-state index contributed by atoms with van der Waals surface area (Å²) in [5.74, 6) is -0.603. The standard InChI is InChI=1S/C11H18O4/c1-11(10(13)15-3)6-4-5-8(7-11)9(12)14-2/h8H,4-7H2,1-3H3. The van der Waals surface area contributed by atoms with Crippen molar-refractivity contribution in [3.63, 3.8) is 0 Å². The first kappa shape index (κ1) is 12.0. The SMILES string of the molecule is COC(=O)C1CCCC(C)(C(=O)OC)C1. The van der Waals surface area contributed by atoms with Crippen molar-refractivity contribution in [1.82, 2.24) is 0 Å². The van der Waals surface area contributed by atoms with E-state index in [4.69, 9.17) is 9.47 Å². The zero-order valence-corrected chi connectivity index (χ0v) is 9.54. The van der Waals surface area contributed by atoms with Gasteiger partial charge in [0.2, 0.25) is 0 Å². The van der Waals surface area contributed by atoms with Gasteiger partial charge in [-0.2, -0.15) is 0 Å². The number of hydrogen-bond acceptors (Lipinski definition) is 4. The van der Waals surface area contributed by atoms with Crippen molar-refractivity contribution in [2.75, 3.05) is 14.2 Å². The molecular formula is C11H18O4. The lowest BCUT2D eigenvalue weighted by Crippen LogP contribution is -2.37. The first-order chi connectivity index (χ1) is 7.03. The Kier molecular flexibility index (Phi) is 3.72. The summed E-state index contributed by atoms with van der Waals surface area (Å²) in [7, 11) is 2.77. The van der Waals surface area contributed by atoms with E-state index in [2.05, 4.69) is 0 Å². The van der Waals surface area contributed by atoms with Gasteiger partial charge in [-0.15, -0.1) is 0 Å². The third kappa shape index (κ3) is 2.49. The van der Waals surface area contributed by atoms with Crippen LogP contribution in [0.3, 0.4) is 0 Å². The fourth-order valence-corrected chi connectivity index (χ4v) is 2.29. The second-order valence-corrected chi connectivity index (χ2v) is 4.37. The van der Waals surface area contributed by atoms with Crippen molar-refractivity contribution < 1.29 is 19.1 Å². The van der Waals surface area contributed by atoms with Crippen molar-refractivity contribution in [1.29, 1.82) is 0 Å².